The molecule has 1 heterocycles. The molecule has 136 valence electrons. The van der Waals surface area contributed by atoms with Gasteiger partial charge in [0.25, 0.3) is 5.91 Å². The van der Waals surface area contributed by atoms with Gasteiger partial charge in [0.1, 0.15) is 19.0 Å². The van der Waals surface area contributed by atoms with Crippen LogP contribution in [0, 0.1) is 0 Å². The molecule has 0 unspecified atom stereocenters. The van der Waals surface area contributed by atoms with Crippen molar-refractivity contribution in [1.29, 1.82) is 0 Å². The number of carbonyl (C=O) groups excluding carboxylic acids is 1. The van der Waals surface area contributed by atoms with Gasteiger partial charge in [-0.05, 0) is 35.9 Å². The number of carbonyl (C=O) groups is 2. The van der Waals surface area contributed by atoms with Crippen LogP contribution in [0.3, 0.4) is 0 Å². The van der Waals surface area contributed by atoms with E-state index in [4.69, 9.17) is 14.2 Å². The first-order valence-corrected chi connectivity index (χ1v) is 8.13. The number of benzene rings is 2. The largest absolute Gasteiger partial charge is 0.497 e. The van der Waals surface area contributed by atoms with Crippen LogP contribution >= 0.6 is 0 Å². The lowest BCUT2D eigenvalue weighted by atomic mass is 10.0. The SMILES string of the molecule is COc1ccc([C@H](CC(=O)O)NC(=O)c2ccc3c(c2)OCCO3)cc1. The number of fused-ring (bicyclic) bond motifs is 1. The van der Waals surface area contributed by atoms with E-state index < -0.39 is 12.0 Å². The Labute approximate surface area is 150 Å². The van der Waals surface area contributed by atoms with Gasteiger partial charge in [-0.3, -0.25) is 9.59 Å². The summed E-state index contributed by atoms with van der Waals surface area (Å²) in [6.45, 7) is 0.891. The van der Waals surface area contributed by atoms with Crippen molar-refractivity contribution in [3.05, 3.63) is 53.6 Å². The molecule has 7 nitrogen and oxygen atoms in total. The molecule has 1 amide bonds. The van der Waals surface area contributed by atoms with E-state index in [-0.39, 0.29) is 12.3 Å². The molecule has 0 spiro atoms. The van der Waals surface area contributed by atoms with Crippen molar-refractivity contribution in [1.82, 2.24) is 5.32 Å². The Bertz CT molecular complexity index is 802. The minimum atomic E-state index is -1.01. The fraction of sp³-hybridized carbons (Fsp3) is 0.263. The molecule has 2 N–H and O–H groups in total. The topological polar surface area (TPSA) is 94.1 Å². The number of carboxylic acids is 1. The van der Waals surface area contributed by atoms with E-state index in [1.807, 2.05) is 0 Å². The molecule has 0 aromatic heterocycles. The van der Waals surface area contributed by atoms with Crippen LogP contribution in [-0.2, 0) is 4.79 Å². The van der Waals surface area contributed by atoms with Crippen LogP contribution in [0.1, 0.15) is 28.4 Å². The number of nitrogens with one attached hydrogen (secondary N) is 1. The molecule has 3 rings (SSSR count). The molecular weight excluding hydrogens is 338 g/mol. The summed E-state index contributed by atoms with van der Waals surface area (Å²) in [7, 11) is 1.55. The maximum Gasteiger partial charge on any atom is 0.305 e. The molecule has 0 saturated heterocycles. The molecule has 0 radical (unpaired) electrons. The Morgan fingerprint density at radius 1 is 1.12 bits per heavy atom. The van der Waals surface area contributed by atoms with Crippen LogP contribution in [0.5, 0.6) is 17.2 Å². The van der Waals surface area contributed by atoms with Crippen molar-refractivity contribution >= 4 is 11.9 Å². The van der Waals surface area contributed by atoms with E-state index in [1.165, 1.54) is 0 Å². The third-order valence-electron chi connectivity index (χ3n) is 4.01. The first-order valence-electron chi connectivity index (χ1n) is 8.13. The second-order valence-electron chi connectivity index (χ2n) is 5.76. The minimum absolute atomic E-state index is 0.234. The quantitative estimate of drug-likeness (QED) is 0.825. The Morgan fingerprint density at radius 2 is 1.81 bits per heavy atom. The van der Waals surface area contributed by atoms with Gasteiger partial charge in [0.2, 0.25) is 0 Å². The number of amides is 1. The highest BCUT2D eigenvalue weighted by molar-refractivity contribution is 5.95. The van der Waals surface area contributed by atoms with Gasteiger partial charge in [-0.25, -0.2) is 0 Å². The summed E-state index contributed by atoms with van der Waals surface area (Å²) in [6.07, 6.45) is -0.234. The van der Waals surface area contributed by atoms with Crippen LogP contribution in [0.4, 0.5) is 0 Å². The van der Waals surface area contributed by atoms with Gasteiger partial charge in [0.15, 0.2) is 11.5 Å². The zero-order valence-electron chi connectivity index (χ0n) is 14.2. The van der Waals surface area contributed by atoms with Crippen LogP contribution in [0.25, 0.3) is 0 Å². The summed E-state index contributed by atoms with van der Waals surface area (Å²) >= 11 is 0. The Hall–Kier alpha value is -3.22. The molecule has 0 saturated carbocycles. The van der Waals surface area contributed by atoms with Gasteiger partial charge in [-0.2, -0.15) is 0 Å². The van der Waals surface area contributed by atoms with E-state index in [0.717, 1.165) is 0 Å². The predicted octanol–water partition coefficient (Wildman–Crippen LogP) is 2.41. The fourth-order valence-electron chi connectivity index (χ4n) is 2.69. The number of hydrogen-bond acceptors (Lipinski definition) is 5. The maximum absolute atomic E-state index is 12.6. The van der Waals surface area contributed by atoms with Crippen molar-refractivity contribution in [2.45, 2.75) is 12.5 Å². The second kappa shape index (κ2) is 7.77. The summed E-state index contributed by atoms with van der Waals surface area (Å²) in [6, 6.07) is 11.1. The third-order valence-corrected chi connectivity index (χ3v) is 4.01. The Balaban J connectivity index is 1.79. The summed E-state index contributed by atoms with van der Waals surface area (Å²) in [5.41, 5.74) is 1.05. The third kappa shape index (κ3) is 4.05. The predicted molar refractivity (Wildman–Crippen MR) is 92.9 cm³/mol. The van der Waals surface area contributed by atoms with Crippen molar-refractivity contribution in [2.24, 2.45) is 0 Å². The molecule has 0 aliphatic carbocycles. The van der Waals surface area contributed by atoms with Crippen molar-refractivity contribution in [2.75, 3.05) is 20.3 Å². The number of methoxy groups -OCH3 is 1. The molecule has 1 atom stereocenters. The number of hydrogen-bond donors (Lipinski definition) is 2. The lowest BCUT2D eigenvalue weighted by Crippen LogP contribution is -2.30. The molecule has 7 heteroatoms. The van der Waals surface area contributed by atoms with Crippen LogP contribution in [0.2, 0.25) is 0 Å². The van der Waals surface area contributed by atoms with Gasteiger partial charge in [0, 0.05) is 5.56 Å². The fourth-order valence-corrected chi connectivity index (χ4v) is 2.69. The zero-order chi connectivity index (χ0) is 18.5. The zero-order valence-corrected chi connectivity index (χ0v) is 14.2. The van der Waals surface area contributed by atoms with E-state index >= 15 is 0 Å². The van der Waals surface area contributed by atoms with E-state index in [0.29, 0.717) is 41.6 Å². The normalized spacial score (nSPS) is 13.6. The highest BCUT2D eigenvalue weighted by Gasteiger charge is 2.21. The number of ether oxygens (including phenoxy) is 3. The molecular formula is C19H19NO6. The summed E-state index contributed by atoms with van der Waals surface area (Å²) in [5, 5.41) is 11.9. The first-order chi connectivity index (χ1) is 12.6. The second-order valence-corrected chi connectivity index (χ2v) is 5.76. The highest BCUT2D eigenvalue weighted by Crippen LogP contribution is 2.31. The maximum atomic E-state index is 12.6. The molecule has 2 aromatic carbocycles. The first kappa shape index (κ1) is 17.6. The lowest BCUT2D eigenvalue weighted by molar-refractivity contribution is -0.137. The average Bonchev–Trinajstić information content (AvgIpc) is 2.66. The van der Waals surface area contributed by atoms with E-state index in [9.17, 15) is 14.7 Å². The number of carboxylic acid groups (broad SMARTS) is 1. The van der Waals surface area contributed by atoms with Crippen LogP contribution in [-0.4, -0.2) is 37.3 Å². The summed E-state index contributed by atoms with van der Waals surface area (Å²) in [4.78, 5) is 23.8. The molecule has 26 heavy (non-hydrogen) atoms. The average molecular weight is 357 g/mol. The van der Waals surface area contributed by atoms with Crippen molar-refractivity contribution in [3.63, 3.8) is 0 Å². The van der Waals surface area contributed by atoms with Gasteiger partial charge < -0.3 is 24.6 Å². The van der Waals surface area contributed by atoms with Gasteiger partial charge in [-0.1, -0.05) is 12.1 Å². The van der Waals surface area contributed by atoms with Crippen LogP contribution in [0.15, 0.2) is 42.5 Å². The molecule has 1 aliphatic rings. The molecule has 2 aromatic rings. The number of rotatable bonds is 6. The summed E-state index contributed by atoms with van der Waals surface area (Å²) < 4.78 is 16.0. The van der Waals surface area contributed by atoms with E-state index in [2.05, 4.69) is 5.32 Å². The lowest BCUT2D eigenvalue weighted by Gasteiger charge is -2.20. The monoisotopic (exact) mass is 357 g/mol. The Kier molecular flexibility index (Phi) is 5.26. The number of aliphatic carboxylic acids is 1. The van der Waals surface area contributed by atoms with Crippen LogP contribution < -0.4 is 19.5 Å². The highest BCUT2D eigenvalue weighted by atomic mass is 16.6. The Morgan fingerprint density at radius 3 is 2.46 bits per heavy atom. The van der Waals surface area contributed by atoms with Gasteiger partial charge in [0.05, 0.1) is 19.6 Å². The molecule has 0 fully saturated rings. The van der Waals surface area contributed by atoms with Gasteiger partial charge in [-0.15, -0.1) is 0 Å². The standard InChI is InChI=1S/C19H19NO6/c1-24-14-5-2-12(3-6-14)15(11-18(21)22)20-19(23)13-4-7-16-17(10-13)26-9-8-25-16/h2-7,10,15H,8-9,11H2,1H3,(H,20,23)(H,21,22)/t15-/m0/s1. The molecule has 1 aliphatic heterocycles. The van der Waals surface area contributed by atoms with Crippen molar-refractivity contribution in [3.8, 4) is 17.2 Å². The minimum Gasteiger partial charge on any atom is -0.497 e. The molecule has 0 bridgehead atoms. The van der Waals surface area contributed by atoms with Crippen molar-refractivity contribution < 1.29 is 28.9 Å². The van der Waals surface area contributed by atoms with E-state index in [1.54, 1.807) is 49.6 Å². The summed E-state index contributed by atoms with van der Waals surface area (Å²) in [5.74, 6) is 0.353. The smallest absolute Gasteiger partial charge is 0.305 e. The van der Waals surface area contributed by atoms with Gasteiger partial charge >= 0.3 is 5.97 Å².